The molecule has 1 fully saturated rings. The average molecular weight is 189 g/mol. The number of nitrogens with one attached hydrogen (secondary N) is 1. The van der Waals surface area contributed by atoms with E-state index < -0.39 is 17.6 Å². The average Bonchev–Trinajstić information content (AvgIpc) is 2.48. The fraction of sp³-hybridized carbons (Fsp3) is 0.875. The molecule has 1 amide bonds. The minimum Gasteiger partial charge on any atom is -0.386 e. The van der Waals surface area contributed by atoms with Crippen LogP contribution in [0, 0.1) is 0 Å². The van der Waals surface area contributed by atoms with Crippen molar-refractivity contribution < 1.29 is 19.7 Å². The van der Waals surface area contributed by atoms with Crippen LogP contribution in [0.5, 0.6) is 0 Å². The van der Waals surface area contributed by atoms with Crippen LogP contribution in [0.25, 0.3) is 0 Å². The molecule has 0 radical (unpaired) electrons. The molecule has 3 N–H and O–H groups in total. The first-order valence-corrected chi connectivity index (χ1v) is 4.29. The van der Waals surface area contributed by atoms with Crippen LogP contribution in [-0.4, -0.2) is 47.6 Å². The van der Waals surface area contributed by atoms with Crippen molar-refractivity contribution in [1.29, 1.82) is 0 Å². The van der Waals surface area contributed by atoms with Gasteiger partial charge in [0.15, 0.2) is 0 Å². The van der Waals surface area contributed by atoms with Crippen LogP contribution in [-0.2, 0) is 9.53 Å². The van der Waals surface area contributed by atoms with E-state index in [4.69, 9.17) is 9.84 Å². The van der Waals surface area contributed by atoms with E-state index in [9.17, 15) is 9.90 Å². The Morgan fingerprint density at radius 1 is 1.77 bits per heavy atom. The molecule has 5 nitrogen and oxygen atoms in total. The van der Waals surface area contributed by atoms with Gasteiger partial charge in [0.1, 0.15) is 11.7 Å². The van der Waals surface area contributed by atoms with Crippen LogP contribution in [0.2, 0.25) is 0 Å². The SMILES string of the molecule is CC(O)C(=O)NCC1(O)CCOC1. The second kappa shape index (κ2) is 4.04. The van der Waals surface area contributed by atoms with Crippen molar-refractivity contribution >= 4 is 5.91 Å². The predicted octanol–water partition coefficient (Wildman–Crippen LogP) is -1.37. The van der Waals surface area contributed by atoms with Crippen molar-refractivity contribution in [3.63, 3.8) is 0 Å². The number of carbonyl (C=O) groups is 1. The molecule has 1 aliphatic rings. The molecule has 0 aromatic heterocycles. The summed E-state index contributed by atoms with van der Waals surface area (Å²) in [5.41, 5.74) is -0.954. The third-order valence-corrected chi connectivity index (χ3v) is 2.05. The van der Waals surface area contributed by atoms with Crippen molar-refractivity contribution in [2.75, 3.05) is 19.8 Å². The lowest BCUT2D eigenvalue weighted by Gasteiger charge is -2.20. The monoisotopic (exact) mass is 189 g/mol. The van der Waals surface area contributed by atoms with Gasteiger partial charge in [0.25, 0.3) is 0 Å². The quantitative estimate of drug-likeness (QED) is 0.512. The van der Waals surface area contributed by atoms with Gasteiger partial charge in [0.2, 0.25) is 5.91 Å². The minimum absolute atomic E-state index is 0.136. The zero-order valence-corrected chi connectivity index (χ0v) is 7.62. The Morgan fingerprint density at radius 2 is 2.46 bits per heavy atom. The van der Waals surface area contributed by atoms with Gasteiger partial charge in [-0.05, 0) is 6.92 Å². The summed E-state index contributed by atoms with van der Waals surface area (Å²) in [6.07, 6.45) is -0.515. The summed E-state index contributed by atoms with van der Waals surface area (Å²) in [6.45, 7) is 2.27. The molecule has 0 saturated carbocycles. The van der Waals surface area contributed by atoms with Crippen molar-refractivity contribution in [2.24, 2.45) is 0 Å². The van der Waals surface area contributed by atoms with Gasteiger partial charge in [-0.1, -0.05) is 0 Å². The molecule has 0 aromatic carbocycles. The van der Waals surface area contributed by atoms with E-state index in [0.717, 1.165) is 0 Å². The zero-order chi connectivity index (χ0) is 9.90. The Labute approximate surface area is 76.7 Å². The maximum absolute atomic E-state index is 10.9. The number of amides is 1. The Bertz CT molecular complexity index is 187. The standard InChI is InChI=1S/C8H15NO4/c1-6(10)7(11)9-4-8(12)2-3-13-5-8/h6,10,12H,2-5H2,1H3,(H,9,11). The van der Waals surface area contributed by atoms with Gasteiger partial charge >= 0.3 is 0 Å². The van der Waals surface area contributed by atoms with Gasteiger partial charge in [-0.2, -0.15) is 0 Å². The molecular formula is C8H15NO4. The van der Waals surface area contributed by atoms with Crippen LogP contribution in [0.3, 0.4) is 0 Å². The smallest absolute Gasteiger partial charge is 0.248 e. The van der Waals surface area contributed by atoms with E-state index in [1.54, 1.807) is 0 Å². The number of aliphatic hydroxyl groups is 2. The van der Waals surface area contributed by atoms with Crippen LogP contribution < -0.4 is 5.32 Å². The molecule has 13 heavy (non-hydrogen) atoms. The van der Waals surface area contributed by atoms with Crippen LogP contribution in [0.1, 0.15) is 13.3 Å². The van der Waals surface area contributed by atoms with Crippen molar-refractivity contribution in [3.05, 3.63) is 0 Å². The Balaban J connectivity index is 2.29. The predicted molar refractivity (Wildman–Crippen MR) is 45.1 cm³/mol. The lowest BCUT2D eigenvalue weighted by molar-refractivity contribution is -0.129. The first-order valence-electron chi connectivity index (χ1n) is 4.29. The second-order valence-corrected chi connectivity index (χ2v) is 3.42. The van der Waals surface area contributed by atoms with Gasteiger partial charge < -0.3 is 20.3 Å². The molecule has 1 saturated heterocycles. The molecule has 5 heteroatoms. The van der Waals surface area contributed by atoms with Gasteiger partial charge in [0.05, 0.1) is 6.61 Å². The van der Waals surface area contributed by atoms with Crippen molar-refractivity contribution in [3.8, 4) is 0 Å². The Hall–Kier alpha value is -0.650. The Kier molecular flexibility index (Phi) is 3.24. The normalized spacial score (nSPS) is 30.1. The highest BCUT2D eigenvalue weighted by Gasteiger charge is 2.32. The molecular weight excluding hydrogens is 174 g/mol. The summed E-state index contributed by atoms with van der Waals surface area (Å²) in [5.74, 6) is -0.472. The number of hydrogen-bond donors (Lipinski definition) is 3. The van der Waals surface area contributed by atoms with Gasteiger partial charge in [-0.15, -0.1) is 0 Å². The number of hydrogen-bond acceptors (Lipinski definition) is 4. The molecule has 0 aromatic rings. The van der Waals surface area contributed by atoms with Gasteiger partial charge in [0, 0.05) is 19.6 Å². The van der Waals surface area contributed by atoms with Crippen LogP contribution in [0.15, 0.2) is 0 Å². The van der Waals surface area contributed by atoms with Gasteiger partial charge in [-0.25, -0.2) is 0 Å². The third-order valence-electron chi connectivity index (χ3n) is 2.05. The molecule has 1 rings (SSSR count). The summed E-state index contributed by atoms with van der Waals surface area (Å²) in [7, 11) is 0. The number of aliphatic hydroxyl groups excluding tert-OH is 1. The Morgan fingerprint density at radius 3 is 2.92 bits per heavy atom. The summed E-state index contributed by atoms with van der Waals surface area (Å²) >= 11 is 0. The lowest BCUT2D eigenvalue weighted by Crippen LogP contribution is -2.45. The second-order valence-electron chi connectivity index (χ2n) is 3.42. The number of carbonyl (C=O) groups excluding carboxylic acids is 1. The lowest BCUT2D eigenvalue weighted by atomic mass is 10.0. The molecule has 0 spiro atoms. The first-order chi connectivity index (χ1) is 6.03. The molecule has 2 unspecified atom stereocenters. The minimum atomic E-state index is -1.04. The van der Waals surface area contributed by atoms with E-state index in [1.165, 1.54) is 6.92 Å². The third kappa shape index (κ3) is 2.95. The highest BCUT2D eigenvalue weighted by atomic mass is 16.5. The molecule has 0 aliphatic carbocycles. The zero-order valence-electron chi connectivity index (χ0n) is 7.62. The maximum atomic E-state index is 10.9. The molecule has 76 valence electrons. The molecule has 1 heterocycles. The summed E-state index contributed by atoms with van der Waals surface area (Å²) < 4.78 is 4.99. The summed E-state index contributed by atoms with van der Waals surface area (Å²) in [5, 5.41) is 21.0. The summed E-state index contributed by atoms with van der Waals surface area (Å²) in [4.78, 5) is 10.9. The fourth-order valence-corrected chi connectivity index (χ4v) is 1.14. The van der Waals surface area contributed by atoms with E-state index >= 15 is 0 Å². The molecule has 2 atom stereocenters. The number of ether oxygens (including phenoxy) is 1. The van der Waals surface area contributed by atoms with E-state index in [-0.39, 0.29) is 13.2 Å². The van der Waals surface area contributed by atoms with E-state index in [2.05, 4.69) is 5.32 Å². The number of rotatable bonds is 3. The van der Waals surface area contributed by atoms with Crippen molar-refractivity contribution in [1.82, 2.24) is 5.32 Å². The molecule has 0 bridgehead atoms. The van der Waals surface area contributed by atoms with Gasteiger partial charge in [-0.3, -0.25) is 4.79 Å². The van der Waals surface area contributed by atoms with E-state index in [1.807, 2.05) is 0 Å². The highest BCUT2D eigenvalue weighted by Crippen LogP contribution is 2.16. The van der Waals surface area contributed by atoms with E-state index in [0.29, 0.717) is 13.0 Å². The largest absolute Gasteiger partial charge is 0.386 e. The highest BCUT2D eigenvalue weighted by molar-refractivity contribution is 5.80. The van der Waals surface area contributed by atoms with Crippen LogP contribution >= 0.6 is 0 Å². The van der Waals surface area contributed by atoms with Crippen LogP contribution in [0.4, 0.5) is 0 Å². The summed E-state index contributed by atoms with van der Waals surface area (Å²) in [6, 6.07) is 0. The molecule has 1 aliphatic heterocycles. The first kappa shape index (κ1) is 10.4. The topological polar surface area (TPSA) is 78.8 Å². The fourth-order valence-electron chi connectivity index (χ4n) is 1.14. The van der Waals surface area contributed by atoms with Crippen molar-refractivity contribution in [2.45, 2.75) is 25.0 Å². The maximum Gasteiger partial charge on any atom is 0.248 e.